The van der Waals surface area contributed by atoms with Crippen molar-refractivity contribution in [3.05, 3.63) is 48.0 Å². The summed E-state index contributed by atoms with van der Waals surface area (Å²) in [5, 5.41) is 0.924. The maximum Gasteiger partial charge on any atom is 0.301 e. The number of nitrogens with zero attached hydrogens (tertiary/aromatic N) is 2. The van der Waals surface area contributed by atoms with Gasteiger partial charge in [-0.2, -0.15) is 12.7 Å². The number of nitrogens with one attached hydrogen (secondary N) is 1. The summed E-state index contributed by atoms with van der Waals surface area (Å²) in [5.41, 5.74) is 3.69. The standard InChI is InChI=1S/C16H17N3O2S2/c1-11-4-9-14-15(10-11)22-16(17-14)12-5-7-13(8-6-12)18-23(20,21)19(2)3/h4-10,18H,1-3H3. The van der Waals surface area contributed by atoms with Crippen molar-refractivity contribution in [2.75, 3.05) is 18.8 Å². The summed E-state index contributed by atoms with van der Waals surface area (Å²) in [7, 11) is -0.512. The Morgan fingerprint density at radius 1 is 1.09 bits per heavy atom. The zero-order chi connectivity index (χ0) is 16.6. The average Bonchev–Trinajstić information content (AvgIpc) is 2.90. The molecule has 0 aliphatic rings. The third-order valence-corrected chi connectivity index (χ3v) is 5.93. The molecule has 7 heteroatoms. The summed E-state index contributed by atoms with van der Waals surface area (Å²) in [6.45, 7) is 2.06. The number of anilines is 1. The molecule has 0 aliphatic carbocycles. The van der Waals surface area contributed by atoms with Gasteiger partial charge in [0.05, 0.1) is 10.2 Å². The predicted molar refractivity (Wildman–Crippen MR) is 96.0 cm³/mol. The van der Waals surface area contributed by atoms with Crippen LogP contribution in [0.5, 0.6) is 0 Å². The minimum absolute atomic E-state index is 0.527. The van der Waals surface area contributed by atoms with Crippen LogP contribution in [-0.4, -0.2) is 31.8 Å². The molecule has 0 saturated heterocycles. The van der Waals surface area contributed by atoms with Crippen molar-refractivity contribution in [1.29, 1.82) is 0 Å². The molecule has 1 aromatic heterocycles. The molecule has 0 spiro atoms. The van der Waals surface area contributed by atoms with Crippen LogP contribution < -0.4 is 4.72 Å². The summed E-state index contributed by atoms with van der Waals surface area (Å²) >= 11 is 1.63. The van der Waals surface area contributed by atoms with E-state index in [0.717, 1.165) is 25.1 Å². The number of thiazole rings is 1. The van der Waals surface area contributed by atoms with Gasteiger partial charge in [-0.15, -0.1) is 11.3 Å². The van der Waals surface area contributed by atoms with Crippen LogP contribution in [0.25, 0.3) is 20.8 Å². The quantitative estimate of drug-likeness (QED) is 0.786. The van der Waals surface area contributed by atoms with E-state index in [2.05, 4.69) is 22.7 Å². The Balaban J connectivity index is 1.89. The van der Waals surface area contributed by atoms with Crippen molar-refractivity contribution in [1.82, 2.24) is 9.29 Å². The van der Waals surface area contributed by atoms with E-state index >= 15 is 0 Å². The van der Waals surface area contributed by atoms with Gasteiger partial charge in [0.25, 0.3) is 0 Å². The van der Waals surface area contributed by atoms with Gasteiger partial charge in [-0.25, -0.2) is 4.98 Å². The van der Waals surface area contributed by atoms with Crippen LogP contribution >= 0.6 is 11.3 Å². The van der Waals surface area contributed by atoms with Gasteiger partial charge in [-0.3, -0.25) is 4.72 Å². The zero-order valence-corrected chi connectivity index (χ0v) is 14.7. The van der Waals surface area contributed by atoms with E-state index in [1.807, 2.05) is 24.3 Å². The summed E-state index contributed by atoms with van der Waals surface area (Å²) in [5.74, 6) is 0. The van der Waals surface area contributed by atoms with Gasteiger partial charge in [0.2, 0.25) is 0 Å². The number of aromatic nitrogens is 1. The maximum atomic E-state index is 11.8. The molecule has 0 atom stereocenters. The fraction of sp³-hybridized carbons (Fsp3) is 0.188. The van der Waals surface area contributed by atoms with Crippen molar-refractivity contribution in [2.24, 2.45) is 0 Å². The molecule has 0 amide bonds. The molecule has 0 unspecified atom stereocenters. The highest BCUT2D eigenvalue weighted by Gasteiger charge is 2.13. The number of hydrogen-bond donors (Lipinski definition) is 1. The fourth-order valence-corrected chi connectivity index (χ4v) is 3.76. The molecule has 23 heavy (non-hydrogen) atoms. The van der Waals surface area contributed by atoms with Crippen LogP contribution in [0.2, 0.25) is 0 Å². The molecule has 0 aliphatic heterocycles. The lowest BCUT2D eigenvalue weighted by Crippen LogP contribution is -2.28. The van der Waals surface area contributed by atoms with E-state index in [-0.39, 0.29) is 0 Å². The Labute approximate surface area is 139 Å². The molecule has 3 rings (SSSR count). The minimum atomic E-state index is -3.48. The smallest absolute Gasteiger partial charge is 0.271 e. The topological polar surface area (TPSA) is 62.3 Å². The Morgan fingerprint density at radius 3 is 2.43 bits per heavy atom. The first-order valence-corrected chi connectivity index (χ1v) is 9.29. The number of fused-ring (bicyclic) bond motifs is 1. The van der Waals surface area contributed by atoms with Gasteiger partial charge in [-0.05, 0) is 48.9 Å². The van der Waals surface area contributed by atoms with E-state index in [1.54, 1.807) is 23.5 Å². The Bertz CT molecular complexity index is 945. The van der Waals surface area contributed by atoms with E-state index in [0.29, 0.717) is 5.69 Å². The largest absolute Gasteiger partial charge is 0.301 e. The monoisotopic (exact) mass is 347 g/mol. The van der Waals surface area contributed by atoms with E-state index in [9.17, 15) is 8.42 Å². The van der Waals surface area contributed by atoms with Gasteiger partial charge in [-0.1, -0.05) is 6.07 Å². The van der Waals surface area contributed by atoms with E-state index < -0.39 is 10.2 Å². The fourth-order valence-electron chi connectivity index (χ4n) is 2.08. The summed E-state index contributed by atoms with van der Waals surface area (Å²) in [6, 6.07) is 13.4. The summed E-state index contributed by atoms with van der Waals surface area (Å²) < 4.78 is 28.4. The molecule has 3 aromatic rings. The lowest BCUT2D eigenvalue weighted by Gasteiger charge is -2.13. The first-order chi connectivity index (χ1) is 10.8. The lowest BCUT2D eigenvalue weighted by molar-refractivity contribution is 0.527. The van der Waals surface area contributed by atoms with Crippen LogP contribution in [0, 0.1) is 6.92 Å². The molecule has 0 radical (unpaired) electrons. The highest BCUT2D eigenvalue weighted by Crippen LogP contribution is 2.31. The number of rotatable bonds is 4. The van der Waals surface area contributed by atoms with Crippen molar-refractivity contribution in [2.45, 2.75) is 6.92 Å². The third kappa shape index (κ3) is 3.36. The van der Waals surface area contributed by atoms with Crippen molar-refractivity contribution >= 4 is 37.5 Å². The molecule has 2 aromatic carbocycles. The second-order valence-corrected chi connectivity index (χ2v) is 8.37. The van der Waals surface area contributed by atoms with Crippen LogP contribution in [-0.2, 0) is 10.2 Å². The van der Waals surface area contributed by atoms with Crippen molar-refractivity contribution < 1.29 is 8.42 Å². The normalized spacial score (nSPS) is 12.0. The maximum absolute atomic E-state index is 11.8. The van der Waals surface area contributed by atoms with Gasteiger partial charge >= 0.3 is 10.2 Å². The SMILES string of the molecule is Cc1ccc2nc(-c3ccc(NS(=O)(=O)N(C)C)cc3)sc2c1. The highest BCUT2D eigenvalue weighted by molar-refractivity contribution is 7.90. The van der Waals surface area contributed by atoms with Crippen LogP contribution in [0.3, 0.4) is 0 Å². The summed E-state index contributed by atoms with van der Waals surface area (Å²) in [4.78, 5) is 4.63. The Hall–Kier alpha value is -1.96. The first-order valence-electron chi connectivity index (χ1n) is 7.03. The molecule has 120 valence electrons. The second-order valence-electron chi connectivity index (χ2n) is 5.46. The van der Waals surface area contributed by atoms with Gasteiger partial charge in [0.1, 0.15) is 5.01 Å². The number of aryl methyl sites for hydroxylation is 1. The number of benzene rings is 2. The van der Waals surface area contributed by atoms with Gasteiger partial charge in [0.15, 0.2) is 0 Å². The lowest BCUT2D eigenvalue weighted by atomic mass is 10.2. The van der Waals surface area contributed by atoms with Crippen molar-refractivity contribution in [3.63, 3.8) is 0 Å². The molecular formula is C16H17N3O2S2. The van der Waals surface area contributed by atoms with Gasteiger partial charge < -0.3 is 0 Å². The molecule has 1 heterocycles. The van der Waals surface area contributed by atoms with E-state index in [1.165, 1.54) is 19.7 Å². The molecular weight excluding hydrogens is 330 g/mol. The van der Waals surface area contributed by atoms with Crippen LogP contribution in [0.1, 0.15) is 5.56 Å². The molecule has 0 fully saturated rings. The molecule has 0 bridgehead atoms. The molecule has 5 nitrogen and oxygen atoms in total. The predicted octanol–water partition coefficient (Wildman–Crippen LogP) is 3.49. The molecule has 1 N–H and O–H groups in total. The Morgan fingerprint density at radius 2 is 1.78 bits per heavy atom. The van der Waals surface area contributed by atoms with Crippen LogP contribution in [0.15, 0.2) is 42.5 Å². The second kappa shape index (κ2) is 5.92. The van der Waals surface area contributed by atoms with Crippen LogP contribution in [0.4, 0.5) is 5.69 Å². The van der Waals surface area contributed by atoms with Crippen molar-refractivity contribution in [3.8, 4) is 10.6 Å². The Kier molecular flexibility index (Phi) is 4.09. The highest BCUT2D eigenvalue weighted by atomic mass is 32.2. The third-order valence-electron chi connectivity index (χ3n) is 3.40. The van der Waals surface area contributed by atoms with Gasteiger partial charge in [0, 0.05) is 25.3 Å². The summed E-state index contributed by atoms with van der Waals surface area (Å²) in [6.07, 6.45) is 0. The number of hydrogen-bond acceptors (Lipinski definition) is 4. The van der Waals surface area contributed by atoms with E-state index in [4.69, 9.17) is 0 Å². The molecule has 0 saturated carbocycles. The zero-order valence-electron chi connectivity index (χ0n) is 13.1. The minimum Gasteiger partial charge on any atom is -0.271 e. The average molecular weight is 347 g/mol. The first kappa shape index (κ1) is 15.9.